The van der Waals surface area contributed by atoms with Crippen molar-refractivity contribution in [1.29, 1.82) is 0 Å². The van der Waals surface area contributed by atoms with Gasteiger partial charge in [0.1, 0.15) is 5.75 Å². The molecule has 3 aliphatic heterocycles. The van der Waals surface area contributed by atoms with Crippen LogP contribution in [0.1, 0.15) is 37.8 Å². The van der Waals surface area contributed by atoms with E-state index in [2.05, 4.69) is 45.1 Å². The Balaban J connectivity index is 0.00000289. The molecule has 3 aliphatic rings. The van der Waals surface area contributed by atoms with Gasteiger partial charge in [0.2, 0.25) is 0 Å². The molecule has 0 amide bonds. The van der Waals surface area contributed by atoms with Gasteiger partial charge < -0.3 is 19.7 Å². The van der Waals surface area contributed by atoms with Crippen molar-refractivity contribution in [3.63, 3.8) is 0 Å². The molecule has 1 aromatic rings. The smallest absolute Gasteiger partial charge is 0.194 e. The summed E-state index contributed by atoms with van der Waals surface area (Å²) < 4.78 is 11.0. The zero-order valence-corrected chi connectivity index (χ0v) is 22.0. The molecule has 3 saturated heterocycles. The minimum Gasteiger partial charge on any atom is -0.497 e. The van der Waals surface area contributed by atoms with Crippen LogP contribution in [-0.4, -0.2) is 99.4 Å². The summed E-state index contributed by atoms with van der Waals surface area (Å²) >= 11 is 0. The Hall–Kier alpha value is -1.10. The number of likely N-dealkylation sites (tertiary alicyclic amines) is 2. The van der Waals surface area contributed by atoms with Gasteiger partial charge in [0.05, 0.1) is 32.9 Å². The monoisotopic (exact) mass is 557 g/mol. The number of hydrogen-bond acceptors (Lipinski definition) is 5. The lowest BCUT2D eigenvalue weighted by molar-refractivity contribution is 0.0195. The van der Waals surface area contributed by atoms with Gasteiger partial charge in [0.15, 0.2) is 5.96 Å². The van der Waals surface area contributed by atoms with Gasteiger partial charge >= 0.3 is 0 Å². The first-order valence-electron chi connectivity index (χ1n) is 12.0. The Morgan fingerprint density at radius 2 is 1.97 bits per heavy atom. The Kier molecular flexibility index (Phi) is 10.3. The number of benzene rings is 1. The van der Waals surface area contributed by atoms with E-state index >= 15 is 0 Å². The van der Waals surface area contributed by atoms with Crippen molar-refractivity contribution in [2.75, 3.05) is 72.7 Å². The highest BCUT2D eigenvalue weighted by atomic mass is 127. The summed E-state index contributed by atoms with van der Waals surface area (Å²) in [6, 6.07) is 9.42. The van der Waals surface area contributed by atoms with Crippen molar-refractivity contribution in [3.05, 3.63) is 29.8 Å². The van der Waals surface area contributed by atoms with Gasteiger partial charge in [-0.15, -0.1) is 24.0 Å². The Labute approximate surface area is 210 Å². The van der Waals surface area contributed by atoms with E-state index < -0.39 is 0 Å². The van der Waals surface area contributed by atoms with Crippen molar-refractivity contribution >= 4 is 29.9 Å². The highest BCUT2D eigenvalue weighted by Gasteiger charge is 2.31. The van der Waals surface area contributed by atoms with E-state index in [9.17, 15) is 0 Å². The summed E-state index contributed by atoms with van der Waals surface area (Å²) in [5, 5.41) is 3.56. The fourth-order valence-corrected chi connectivity index (χ4v) is 5.11. The molecule has 3 heterocycles. The van der Waals surface area contributed by atoms with E-state index in [1.54, 1.807) is 7.11 Å². The average molecular weight is 558 g/mol. The molecule has 4 rings (SSSR count). The van der Waals surface area contributed by atoms with Gasteiger partial charge in [-0.3, -0.25) is 14.8 Å². The van der Waals surface area contributed by atoms with Crippen LogP contribution in [0.4, 0.5) is 0 Å². The molecule has 8 heteroatoms. The minimum absolute atomic E-state index is 0. The number of methoxy groups -OCH3 is 1. The van der Waals surface area contributed by atoms with Crippen molar-refractivity contribution in [3.8, 4) is 5.75 Å². The fourth-order valence-electron chi connectivity index (χ4n) is 5.11. The number of nitrogens with one attached hydrogen (secondary N) is 1. The second-order valence-corrected chi connectivity index (χ2v) is 8.77. The first kappa shape index (κ1) is 25.5. The van der Waals surface area contributed by atoms with E-state index in [1.165, 1.54) is 24.8 Å². The average Bonchev–Trinajstić information content (AvgIpc) is 3.52. The minimum atomic E-state index is 0. The molecular formula is C24H40IN5O2. The molecule has 1 aromatic carbocycles. The normalized spacial score (nSPS) is 23.8. The summed E-state index contributed by atoms with van der Waals surface area (Å²) in [5.41, 5.74) is 1.30. The third-order valence-electron chi connectivity index (χ3n) is 6.83. The fraction of sp³-hybridized carbons (Fsp3) is 0.708. The number of ether oxygens (including phenoxy) is 2. The number of hydrogen-bond donors (Lipinski definition) is 1. The van der Waals surface area contributed by atoms with Gasteiger partial charge in [-0.1, -0.05) is 12.1 Å². The number of halogens is 1. The predicted octanol–water partition coefficient (Wildman–Crippen LogP) is 2.82. The second-order valence-electron chi connectivity index (χ2n) is 8.77. The van der Waals surface area contributed by atoms with E-state index in [-0.39, 0.29) is 24.0 Å². The second kappa shape index (κ2) is 13.0. The summed E-state index contributed by atoms with van der Waals surface area (Å²) in [7, 11) is 1.74. The first-order chi connectivity index (χ1) is 15.3. The molecule has 0 radical (unpaired) electrons. The van der Waals surface area contributed by atoms with Crippen molar-refractivity contribution in [2.24, 2.45) is 4.99 Å². The Morgan fingerprint density at radius 3 is 2.69 bits per heavy atom. The molecule has 2 atom stereocenters. The maximum Gasteiger partial charge on any atom is 0.194 e. The molecule has 0 aliphatic carbocycles. The SMILES string of the molecule is CCNC(=NCC(c1cccc(OC)c1)N1CCCC1)N1CCC(N2CCOCC2)C1.I. The van der Waals surface area contributed by atoms with Crippen molar-refractivity contribution < 1.29 is 9.47 Å². The third kappa shape index (κ3) is 6.48. The molecule has 0 saturated carbocycles. The van der Waals surface area contributed by atoms with Crippen molar-refractivity contribution in [2.45, 2.75) is 38.3 Å². The molecule has 0 spiro atoms. The van der Waals surface area contributed by atoms with Crippen LogP contribution in [0.3, 0.4) is 0 Å². The zero-order chi connectivity index (χ0) is 21.5. The summed E-state index contributed by atoms with van der Waals surface area (Å²) in [4.78, 5) is 12.8. The topological polar surface area (TPSA) is 52.6 Å². The third-order valence-corrected chi connectivity index (χ3v) is 6.83. The van der Waals surface area contributed by atoms with Gasteiger partial charge in [-0.05, 0) is 57.0 Å². The lowest BCUT2D eigenvalue weighted by Crippen LogP contribution is -2.46. The molecule has 1 N–H and O–H groups in total. The first-order valence-corrected chi connectivity index (χ1v) is 12.0. The van der Waals surface area contributed by atoms with E-state index in [1.807, 2.05) is 6.07 Å². The van der Waals surface area contributed by atoms with Crippen LogP contribution in [-0.2, 0) is 4.74 Å². The molecule has 0 aromatic heterocycles. The van der Waals surface area contributed by atoms with E-state index in [0.29, 0.717) is 12.1 Å². The highest BCUT2D eigenvalue weighted by molar-refractivity contribution is 14.0. The van der Waals surface area contributed by atoms with Crippen LogP contribution in [0, 0.1) is 0 Å². The number of morpholine rings is 1. The van der Waals surface area contributed by atoms with Gasteiger partial charge in [0, 0.05) is 38.8 Å². The quantitative estimate of drug-likeness (QED) is 0.316. The maximum absolute atomic E-state index is 5.54. The van der Waals surface area contributed by atoms with Gasteiger partial charge in [-0.2, -0.15) is 0 Å². The van der Waals surface area contributed by atoms with Crippen LogP contribution >= 0.6 is 24.0 Å². The summed E-state index contributed by atoms with van der Waals surface area (Å²) in [5.74, 6) is 1.98. The molecule has 2 unspecified atom stereocenters. The van der Waals surface area contributed by atoms with E-state index in [4.69, 9.17) is 14.5 Å². The van der Waals surface area contributed by atoms with Crippen LogP contribution in [0.5, 0.6) is 5.75 Å². The molecule has 180 valence electrons. The van der Waals surface area contributed by atoms with Crippen molar-refractivity contribution in [1.82, 2.24) is 20.0 Å². The number of aliphatic imine (C=N–C) groups is 1. The largest absolute Gasteiger partial charge is 0.497 e. The Morgan fingerprint density at radius 1 is 1.19 bits per heavy atom. The van der Waals surface area contributed by atoms with Gasteiger partial charge in [0.25, 0.3) is 0 Å². The lowest BCUT2D eigenvalue weighted by atomic mass is 10.1. The number of nitrogens with zero attached hydrogens (tertiary/aromatic N) is 4. The summed E-state index contributed by atoms with van der Waals surface area (Å²) in [6.07, 6.45) is 3.76. The number of rotatable bonds is 7. The van der Waals surface area contributed by atoms with Crippen LogP contribution in [0.2, 0.25) is 0 Å². The van der Waals surface area contributed by atoms with Gasteiger partial charge in [-0.25, -0.2) is 0 Å². The molecule has 0 bridgehead atoms. The molecule has 32 heavy (non-hydrogen) atoms. The number of guanidine groups is 1. The highest BCUT2D eigenvalue weighted by Crippen LogP contribution is 2.28. The molecule has 7 nitrogen and oxygen atoms in total. The lowest BCUT2D eigenvalue weighted by Gasteiger charge is -2.32. The summed E-state index contributed by atoms with van der Waals surface area (Å²) in [6.45, 7) is 12.1. The molecule has 3 fully saturated rings. The zero-order valence-electron chi connectivity index (χ0n) is 19.7. The van der Waals surface area contributed by atoms with Crippen LogP contribution in [0.25, 0.3) is 0 Å². The molecular weight excluding hydrogens is 517 g/mol. The standard InChI is InChI=1S/C24H39N5O2.HI/c1-3-25-24(29-12-9-21(19-29)27-13-15-31-16-14-27)26-18-23(28-10-4-5-11-28)20-7-6-8-22(17-20)30-2;/h6-8,17,21,23H,3-5,9-16,18-19H2,1-2H3,(H,25,26);1H. The predicted molar refractivity (Wildman–Crippen MR) is 140 cm³/mol. The van der Waals surface area contributed by atoms with Crippen LogP contribution < -0.4 is 10.1 Å². The maximum atomic E-state index is 5.54. The van der Waals surface area contributed by atoms with E-state index in [0.717, 1.165) is 77.3 Å². The van der Waals surface area contributed by atoms with Crippen LogP contribution in [0.15, 0.2) is 29.3 Å². The Bertz CT molecular complexity index is 722.